The van der Waals surface area contributed by atoms with E-state index in [-0.39, 0.29) is 18.3 Å². The maximum atomic E-state index is 12.3. The van der Waals surface area contributed by atoms with Gasteiger partial charge in [-0.1, -0.05) is 48.0 Å². The van der Waals surface area contributed by atoms with Gasteiger partial charge >= 0.3 is 0 Å². The lowest BCUT2D eigenvalue weighted by Crippen LogP contribution is -2.38. The number of amides is 1. The third-order valence-electron chi connectivity index (χ3n) is 3.91. The number of hydrogen-bond donors (Lipinski definition) is 2. The van der Waals surface area contributed by atoms with Crippen molar-refractivity contribution in [2.45, 2.75) is 13.3 Å². The van der Waals surface area contributed by atoms with Crippen molar-refractivity contribution in [1.82, 2.24) is 4.90 Å². The van der Waals surface area contributed by atoms with Crippen molar-refractivity contribution >= 4 is 35.6 Å². The van der Waals surface area contributed by atoms with Crippen molar-refractivity contribution < 1.29 is 4.79 Å². The smallest absolute Gasteiger partial charge is 0.238 e. The van der Waals surface area contributed by atoms with E-state index >= 15 is 0 Å². The number of carbonyl (C=O) groups excluding carboxylic acids is 1. The van der Waals surface area contributed by atoms with Gasteiger partial charge in [0.2, 0.25) is 5.91 Å². The fraction of sp³-hybridized carbons (Fsp3) is 0.316. The Labute approximate surface area is 160 Å². The summed E-state index contributed by atoms with van der Waals surface area (Å²) in [5, 5.41) is 3.58. The van der Waals surface area contributed by atoms with Crippen molar-refractivity contribution in [3.63, 3.8) is 0 Å². The van der Waals surface area contributed by atoms with Crippen LogP contribution in [0.15, 0.2) is 48.5 Å². The van der Waals surface area contributed by atoms with E-state index in [0.717, 1.165) is 24.2 Å². The fourth-order valence-corrected chi connectivity index (χ4v) is 2.69. The van der Waals surface area contributed by atoms with E-state index in [0.29, 0.717) is 24.7 Å². The minimum absolute atomic E-state index is 0. The quantitative estimate of drug-likeness (QED) is 0.735. The number of benzene rings is 2. The maximum Gasteiger partial charge on any atom is 0.238 e. The molecule has 0 fully saturated rings. The number of hydrogen-bond acceptors (Lipinski definition) is 3. The maximum absolute atomic E-state index is 12.3. The van der Waals surface area contributed by atoms with Gasteiger partial charge < -0.3 is 11.1 Å². The highest BCUT2D eigenvalue weighted by Crippen LogP contribution is 2.22. The van der Waals surface area contributed by atoms with Gasteiger partial charge in [-0.25, -0.2) is 0 Å². The molecule has 0 unspecified atom stereocenters. The molecule has 0 aliphatic heterocycles. The molecule has 0 saturated heterocycles. The van der Waals surface area contributed by atoms with Crippen molar-refractivity contribution in [3.05, 3.63) is 64.7 Å². The van der Waals surface area contributed by atoms with E-state index in [4.69, 9.17) is 17.3 Å². The van der Waals surface area contributed by atoms with Gasteiger partial charge in [0.1, 0.15) is 0 Å². The zero-order valence-corrected chi connectivity index (χ0v) is 15.9. The molecule has 0 spiro atoms. The van der Waals surface area contributed by atoms with Gasteiger partial charge in [0.05, 0.1) is 6.54 Å². The number of nitrogens with one attached hydrogen (secondary N) is 1. The first kappa shape index (κ1) is 21.5. The van der Waals surface area contributed by atoms with Crippen LogP contribution in [-0.4, -0.2) is 37.0 Å². The van der Waals surface area contributed by atoms with E-state index in [9.17, 15) is 4.79 Å². The molecule has 0 radical (unpaired) electrons. The summed E-state index contributed by atoms with van der Waals surface area (Å²) in [7, 11) is 0. The lowest BCUT2D eigenvalue weighted by atomic mass is 10.1. The molecule has 2 aromatic rings. The Morgan fingerprint density at radius 3 is 2.52 bits per heavy atom. The Morgan fingerprint density at radius 1 is 1.12 bits per heavy atom. The Bertz CT molecular complexity index is 665. The van der Waals surface area contributed by atoms with Crippen LogP contribution >= 0.6 is 24.0 Å². The number of carbonyl (C=O) groups is 1. The molecule has 0 aliphatic carbocycles. The summed E-state index contributed by atoms with van der Waals surface area (Å²) >= 11 is 6.09. The van der Waals surface area contributed by atoms with E-state index < -0.39 is 0 Å². The van der Waals surface area contributed by atoms with Crippen LogP contribution in [0.25, 0.3) is 0 Å². The molecule has 2 aromatic carbocycles. The van der Waals surface area contributed by atoms with E-state index in [1.807, 2.05) is 43.3 Å². The van der Waals surface area contributed by atoms with Crippen LogP contribution in [0.3, 0.4) is 0 Å². The van der Waals surface area contributed by atoms with Gasteiger partial charge in [0.25, 0.3) is 0 Å². The monoisotopic (exact) mass is 381 g/mol. The van der Waals surface area contributed by atoms with Crippen molar-refractivity contribution in [1.29, 1.82) is 0 Å². The number of nitrogens with zero attached hydrogens (tertiary/aromatic N) is 1. The second-order valence-electron chi connectivity index (χ2n) is 5.76. The Balaban J connectivity index is 0.00000312. The van der Waals surface area contributed by atoms with E-state index in [1.165, 1.54) is 5.56 Å². The first-order valence-corrected chi connectivity index (χ1v) is 8.49. The van der Waals surface area contributed by atoms with Crippen LogP contribution in [-0.2, 0) is 11.2 Å². The van der Waals surface area contributed by atoms with Crippen molar-refractivity contribution in [3.8, 4) is 0 Å². The van der Waals surface area contributed by atoms with Crippen LogP contribution in [0, 0.1) is 6.92 Å². The molecule has 2 rings (SSSR count). The van der Waals surface area contributed by atoms with E-state index in [1.54, 1.807) is 0 Å². The van der Waals surface area contributed by atoms with Crippen LogP contribution < -0.4 is 11.1 Å². The first-order chi connectivity index (χ1) is 11.6. The minimum Gasteiger partial charge on any atom is -0.329 e. The van der Waals surface area contributed by atoms with Gasteiger partial charge in [-0.15, -0.1) is 12.4 Å². The summed E-state index contributed by atoms with van der Waals surface area (Å²) in [6.45, 7) is 4.22. The van der Waals surface area contributed by atoms with Gasteiger partial charge in [-0.2, -0.15) is 0 Å². The topological polar surface area (TPSA) is 58.4 Å². The average molecular weight is 382 g/mol. The molecule has 6 heteroatoms. The highest BCUT2D eigenvalue weighted by Gasteiger charge is 2.12. The molecule has 0 aliphatic rings. The van der Waals surface area contributed by atoms with Gasteiger partial charge in [-0.05, 0) is 36.6 Å². The normalized spacial score (nSPS) is 10.4. The summed E-state index contributed by atoms with van der Waals surface area (Å²) in [5.74, 6) is -0.0538. The lowest BCUT2D eigenvalue weighted by molar-refractivity contribution is -0.117. The predicted molar refractivity (Wildman–Crippen MR) is 108 cm³/mol. The van der Waals surface area contributed by atoms with Gasteiger partial charge in [0.15, 0.2) is 0 Å². The highest BCUT2D eigenvalue weighted by molar-refractivity contribution is 6.31. The van der Waals surface area contributed by atoms with Gasteiger partial charge in [-0.3, -0.25) is 9.69 Å². The average Bonchev–Trinajstić information content (AvgIpc) is 2.58. The molecular formula is C19H25Cl2N3O. The largest absolute Gasteiger partial charge is 0.329 e. The molecule has 1 amide bonds. The van der Waals surface area contributed by atoms with Crippen LogP contribution in [0.1, 0.15) is 11.1 Å². The molecule has 4 nitrogen and oxygen atoms in total. The molecule has 0 aromatic heterocycles. The number of rotatable bonds is 8. The highest BCUT2D eigenvalue weighted by atomic mass is 35.5. The minimum atomic E-state index is -0.0538. The molecule has 136 valence electrons. The number of halogens is 2. The summed E-state index contributed by atoms with van der Waals surface area (Å²) in [5.41, 5.74) is 8.57. The fourth-order valence-electron chi connectivity index (χ4n) is 2.52. The number of nitrogens with two attached hydrogens (primary N) is 1. The third-order valence-corrected chi connectivity index (χ3v) is 4.32. The van der Waals surface area contributed by atoms with Crippen molar-refractivity contribution in [2.75, 3.05) is 31.5 Å². The summed E-state index contributed by atoms with van der Waals surface area (Å²) in [6.07, 6.45) is 0.893. The Kier molecular flexibility index (Phi) is 9.53. The third kappa shape index (κ3) is 7.04. The van der Waals surface area contributed by atoms with Crippen LogP contribution in [0.4, 0.5) is 5.69 Å². The van der Waals surface area contributed by atoms with Gasteiger partial charge in [0, 0.05) is 30.3 Å². The molecule has 0 saturated carbocycles. The molecule has 0 atom stereocenters. The zero-order chi connectivity index (χ0) is 17.4. The SMILES string of the molecule is Cc1c(Cl)cccc1NC(=O)CN(CCN)CCc1ccccc1.Cl. The van der Waals surface area contributed by atoms with Crippen LogP contribution in [0.2, 0.25) is 5.02 Å². The molecule has 25 heavy (non-hydrogen) atoms. The Hall–Kier alpha value is -1.59. The molecule has 0 bridgehead atoms. The molecule has 0 heterocycles. The summed E-state index contributed by atoms with van der Waals surface area (Å²) in [4.78, 5) is 14.4. The Morgan fingerprint density at radius 2 is 1.84 bits per heavy atom. The first-order valence-electron chi connectivity index (χ1n) is 8.11. The summed E-state index contributed by atoms with van der Waals surface area (Å²) < 4.78 is 0. The molecular weight excluding hydrogens is 357 g/mol. The van der Waals surface area contributed by atoms with E-state index in [2.05, 4.69) is 22.3 Å². The predicted octanol–water partition coefficient (Wildman–Crippen LogP) is 3.51. The molecule has 3 N–H and O–H groups in total. The second-order valence-corrected chi connectivity index (χ2v) is 6.17. The standard InChI is InChI=1S/C19H24ClN3O.ClH/c1-15-17(20)8-5-9-18(15)22-19(24)14-23(13-11-21)12-10-16-6-3-2-4-7-16;/h2-9H,10-14,21H2,1H3,(H,22,24);1H. The number of anilines is 1. The lowest BCUT2D eigenvalue weighted by Gasteiger charge is -2.21. The second kappa shape index (κ2) is 11.1. The van der Waals surface area contributed by atoms with Crippen LogP contribution in [0.5, 0.6) is 0 Å². The summed E-state index contributed by atoms with van der Waals surface area (Å²) in [6, 6.07) is 15.7. The zero-order valence-electron chi connectivity index (χ0n) is 14.4. The van der Waals surface area contributed by atoms with Crippen molar-refractivity contribution in [2.24, 2.45) is 5.73 Å².